The summed E-state index contributed by atoms with van der Waals surface area (Å²) in [5.41, 5.74) is 1.45. The number of fused-ring (bicyclic) bond motifs is 2. The van der Waals surface area contributed by atoms with Gasteiger partial charge in [0, 0.05) is 16.9 Å². The van der Waals surface area contributed by atoms with Gasteiger partial charge in [-0.2, -0.15) is 8.42 Å². The van der Waals surface area contributed by atoms with Crippen molar-refractivity contribution in [2.45, 2.75) is 38.5 Å². The van der Waals surface area contributed by atoms with E-state index in [0.717, 1.165) is 24.0 Å². The van der Waals surface area contributed by atoms with Gasteiger partial charge in [-0.05, 0) is 42.0 Å². The van der Waals surface area contributed by atoms with Crippen LogP contribution in [0.5, 0.6) is 0 Å². The Labute approximate surface area is 131 Å². The molecule has 1 aromatic carbocycles. The van der Waals surface area contributed by atoms with Gasteiger partial charge in [-0.25, -0.2) is 0 Å². The van der Waals surface area contributed by atoms with Crippen LogP contribution in [0.1, 0.15) is 39.2 Å². The van der Waals surface area contributed by atoms with Crippen LogP contribution in [0.15, 0.2) is 34.7 Å². The molecule has 0 heterocycles. The maximum atomic E-state index is 12.6. The SMILES string of the molecule is CC12CCC(C(=O)C1=Cc1ccc(S(=O)(=O)O)cc1)C2(C)C. The van der Waals surface area contributed by atoms with Crippen LogP contribution in [0.4, 0.5) is 0 Å². The van der Waals surface area contributed by atoms with Crippen molar-refractivity contribution < 1.29 is 17.8 Å². The van der Waals surface area contributed by atoms with E-state index in [9.17, 15) is 13.2 Å². The summed E-state index contributed by atoms with van der Waals surface area (Å²) in [4.78, 5) is 12.5. The average molecular weight is 320 g/mol. The largest absolute Gasteiger partial charge is 0.294 e. The molecule has 2 fully saturated rings. The zero-order valence-corrected chi connectivity index (χ0v) is 13.8. The van der Waals surface area contributed by atoms with Crippen LogP contribution in [0.25, 0.3) is 6.08 Å². The first-order valence-corrected chi connectivity index (χ1v) is 8.85. The summed E-state index contributed by atoms with van der Waals surface area (Å²) >= 11 is 0. The van der Waals surface area contributed by atoms with Crippen molar-refractivity contribution in [1.82, 2.24) is 0 Å². The molecule has 2 aliphatic carbocycles. The molecule has 2 atom stereocenters. The van der Waals surface area contributed by atoms with E-state index in [0.29, 0.717) is 0 Å². The van der Waals surface area contributed by atoms with E-state index in [1.807, 2.05) is 6.08 Å². The van der Waals surface area contributed by atoms with E-state index in [4.69, 9.17) is 4.55 Å². The molecular weight excluding hydrogens is 300 g/mol. The minimum absolute atomic E-state index is 0.0374. The lowest BCUT2D eigenvalue weighted by atomic mass is 9.69. The molecule has 0 saturated heterocycles. The maximum Gasteiger partial charge on any atom is 0.294 e. The normalized spacial score (nSPS) is 31.9. The second kappa shape index (κ2) is 4.52. The highest BCUT2D eigenvalue weighted by Crippen LogP contribution is 2.66. The van der Waals surface area contributed by atoms with E-state index in [1.54, 1.807) is 12.1 Å². The van der Waals surface area contributed by atoms with Gasteiger partial charge in [0.25, 0.3) is 10.1 Å². The topological polar surface area (TPSA) is 71.4 Å². The van der Waals surface area contributed by atoms with Crippen molar-refractivity contribution in [3.8, 4) is 0 Å². The Balaban J connectivity index is 2.02. The number of allylic oxidation sites excluding steroid dienone is 1. The Morgan fingerprint density at radius 3 is 2.23 bits per heavy atom. The van der Waals surface area contributed by atoms with Gasteiger partial charge in [0.2, 0.25) is 0 Å². The first-order valence-electron chi connectivity index (χ1n) is 7.41. The monoisotopic (exact) mass is 320 g/mol. The zero-order valence-electron chi connectivity index (χ0n) is 13.0. The van der Waals surface area contributed by atoms with Crippen LogP contribution in [0.2, 0.25) is 0 Å². The molecule has 22 heavy (non-hydrogen) atoms. The molecule has 2 bridgehead atoms. The van der Waals surface area contributed by atoms with Gasteiger partial charge in [0.1, 0.15) is 0 Å². The number of carbonyl (C=O) groups is 1. The predicted octanol–water partition coefficient (Wildman–Crippen LogP) is 3.34. The summed E-state index contributed by atoms with van der Waals surface area (Å²) in [6.45, 7) is 6.46. The number of carbonyl (C=O) groups excluding carboxylic acids is 1. The van der Waals surface area contributed by atoms with Crippen molar-refractivity contribution in [3.63, 3.8) is 0 Å². The molecule has 0 spiro atoms. The molecule has 4 nitrogen and oxygen atoms in total. The first kappa shape index (κ1) is 15.4. The van der Waals surface area contributed by atoms with Gasteiger partial charge in [0.15, 0.2) is 5.78 Å². The second-order valence-corrected chi connectivity index (χ2v) is 8.53. The summed E-state index contributed by atoms with van der Waals surface area (Å²) < 4.78 is 31.1. The number of hydrogen-bond donors (Lipinski definition) is 1. The van der Waals surface area contributed by atoms with Crippen LogP contribution in [0, 0.1) is 16.7 Å². The van der Waals surface area contributed by atoms with Crippen molar-refractivity contribution in [1.29, 1.82) is 0 Å². The average Bonchev–Trinajstić information content (AvgIpc) is 2.72. The lowest BCUT2D eigenvalue weighted by Gasteiger charge is -2.34. The summed E-state index contributed by atoms with van der Waals surface area (Å²) in [6, 6.07) is 5.94. The number of rotatable bonds is 2. The first-order chi connectivity index (χ1) is 10.1. The van der Waals surface area contributed by atoms with Gasteiger partial charge in [-0.3, -0.25) is 9.35 Å². The van der Waals surface area contributed by atoms with E-state index in [2.05, 4.69) is 20.8 Å². The van der Waals surface area contributed by atoms with E-state index in [1.165, 1.54) is 12.1 Å². The van der Waals surface area contributed by atoms with Crippen molar-refractivity contribution in [2.75, 3.05) is 0 Å². The highest BCUT2D eigenvalue weighted by Gasteiger charge is 2.63. The molecule has 0 amide bonds. The van der Waals surface area contributed by atoms with Crippen LogP contribution in [0.3, 0.4) is 0 Å². The summed E-state index contributed by atoms with van der Waals surface area (Å²) in [5, 5.41) is 0. The van der Waals surface area contributed by atoms with E-state index >= 15 is 0 Å². The molecular formula is C17H20O4S. The summed E-state index contributed by atoms with van der Waals surface area (Å²) in [7, 11) is -4.18. The third kappa shape index (κ3) is 1.99. The van der Waals surface area contributed by atoms with Gasteiger partial charge < -0.3 is 0 Å². The molecule has 5 heteroatoms. The number of benzene rings is 1. The van der Waals surface area contributed by atoms with Gasteiger partial charge in [-0.1, -0.05) is 32.9 Å². The molecule has 1 N–H and O–H groups in total. The van der Waals surface area contributed by atoms with Gasteiger partial charge >= 0.3 is 0 Å². The number of ketones is 1. The molecule has 3 rings (SSSR count). The third-order valence-electron chi connectivity index (χ3n) is 5.89. The van der Waals surface area contributed by atoms with Crippen LogP contribution >= 0.6 is 0 Å². The Bertz CT molecular complexity index is 771. The van der Waals surface area contributed by atoms with Crippen molar-refractivity contribution in [3.05, 3.63) is 35.4 Å². The minimum atomic E-state index is -4.18. The van der Waals surface area contributed by atoms with Crippen LogP contribution in [-0.4, -0.2) is 18.8 Å². The van der Waals surface area contributed by atoms with Crippen LogP contribution < -0.4 is 0 Å². The lowest BCUT2D eigenvalue weighted by Crippen LogP contribution is -2.27. The Kier molecular flexibility index (Phi) is 3.17. The Hall–Kier alpha value is -1.46. The molecule has 2 unspecified atom stereocenters. The van der Waals surface area contributed by atoms with Crippen molar-refractivity contribution >= 4 is 22.0 Å². The number of hydrogen-bond acceptors (Lipinski definition) is 3. The fraction of sp³-hybridized carbons (Fsp3) is 0.471. The quantitative estimate of drug-likeness (QED) is 0.670. The van der Waals surface area contributed by atoms with E-state index < -0.39 is 10.1 Å². The standard InChI is InChI=1S/C17H20O4S/c1-16(2)13-8-9-17(16,3)14(15(13)18)10-11-4-6-12(7-5-11)22(19,20)21/h4-7,10,13H,8-9H2,1-3H3,(H,19,20,21). The maximum absolute atomic E-state index is 12.6. The third-order valence-corrected chi connectivity index (χ3v) is 6.76. The van der Waals surface area contributed by atoms with E-state index in [-0.39, 0.29) is 27.4 Å². The van der Waals surface area contributed by atoms with Crippen molar-refractivity contribution in [2.24, 2.45) is 16.7 Å². The Morgan fingerprint density at radius 1 is 1.18 bits per heavy atom. The fourth-order valence-electron chi connectivity index (χ4n) is 4.03. The lowest BCUT2D eigenvalue weighted by molar-refractivity contribution is -0.119. The molecule has 0 aromatic heterocycles. The molecule has 2 aliphatic rings. The molecule has 0 radical (unpaired) electrons. The van der Waals surface area contributed by atoms with Gasteiger partial charge in [0.05, 0.1) is 4.90 Å². The summed E-state index contributed by atoms with van der Waals surface area (Å²) in [6.07, 6.45) is 3.82. The molecule has 2 saturated carbocycles. The molecule has 1 aromatic rings. The van der Waals surface area contributed by atoms with Gasteiger partial charge in [-0.15, -0.1) is 0 Å². The number of Topliss-reactive ketones (excluding diaryl/α,β-unsaturated/α-hetero) is 1. The zero-order chi connectivity index (χ0) is 16.3. The highest BCUT2D eigenvalue weighted by molar-refractivity contribution is 7.85. The molecule has 0 aliphatic heterocycles. The summed E-state index contributed by atoms with van der Waals surface area (Å²) in [5.74, 6) is 0.304. The minimum Gasteiger partial charge on any atom is -0.294 e. The predicted molar refractivity (Wildman–Crippen MR) is 83.9 cm³/mol. The fourth-order valence-corrected chi connectivity index (χ4v) is 4.51. The molecule has 118 valence electrons. The highest BCUT2D eigenvalue weighted by atomic mass is 32.2. The van der Waals surface area contributed by atoms with Crippen LogP contribution in [-0.2, 0) is 14.9 Å². The Morgan fingerprint density at radius 2 is 1.77 bits per heavy atom. The second-order valence-electron chi connectivity index (χ2n) is 7.11. The smallest absolute Gasteiger partial charge is 0.294 e.